The van der Waals surface area contributed by atoms with Gasteiger partial charge in [0.05, 0.1) is 0 Å². The van der Waals surface area contributed by atoms with Crippen molar-refractivity contribution in [3.8, 4) is 67.1 Å². The van der Waals surface area contributed by atoms with Gasteiger partial charge in [-0.15, -0.1) is 0 Å². The van der Waals surface area contributed by atoms with E-state index in [1.165, 1.54) is 55.5 Å². The Morgan fingerprint density at radius 3 is 1.37 bits per heavy atom. The van der Waals surface area contributed by atoms with Gasteiger partial charge in [0.1, 0.15) is 11.5 Å². The van der Waals surface area contributed by atoms with Crippen LogP contribution in [0.25, 0.3) is 66.4 Å². The first-order valence-corrected chi connectivity index (χ1v) is 18.4. The fourth-order valence-electron chi connectivity index (χ4n) is 7.82. The van der Waals surface area contributed by atoms with Gasteiger partial charge < -0.3 is 9.64 Å². The van der Waals surface area contributed by atoms with Crippen LogP contribution in [0.3, 0.4) is 0 Å². The van der Waals surface area contributed by atoms with E-state index in [0.29, 0.717) is 0 Å². The van der Waals surface area contributed by atoms with Gasteiger partial charge in [-0.25, -0.2) is 0 Å². The maximum Gasteiger partial charge on any atom is 0.137 e. The molecule has 0 radical (unpaired) electrons. The zero-order chi connectivity index (χ0) is 35.8. The van der Waals surface area contributed by atoms with Crippen LogP contribution in [0.4, 0.5) is 17.1 Å². The van der Waals surface area contributed by atoms with Crippen molar-refractivity contribution in [2.24, 2.45) is 0 Å². The first-order chi connectivity index (χ1) is 26.8. The minimum absolute atomic E-state index is 0.845. The van der Waals surface area contributed by atoms with Crippen LogP contribution in [-0.4, -0.2) is 0 Å². The van der Waals surface area contributed by atoms with Crippen LogP contribution in [-0.2, 0) is 0 Å². The molecule has 1 aliphatic rings. The smallest absolute Gasteiger partial charge is 0.137 e. The minimum Gasteiger partial charge on any atom is -0.456 e. The largest absolute Gasteiger partial charge is 0.456 e. The summed E-state index contributed by atoms with van der Waals surface area (Å²) in [5.41, 5.74) is 15.0. The first-order valence-electron chi connectivity index (χ1n) is 18.4. The van der Waals surface area contributed by atoms with Crippen LogP contribution in [0, 0.1) is 0 Å². The summed E-state index contributed by atoms with van der Waals surface area (Å²) in [6, 6.07) is 75.6. The molecule has 0 fully saturated rings. The molecular formula is C52H35NO. The van der Waals surface area contributed by atoms with E-state index in [9.17, 15) is 0 Å². The molecule has 1 heterocycles. The molecule has 9 aromatic carbocycles. The molecule has 0 amide bonds. The number of benzene rings is 9. The third-order valence-electron chi connectivity index (χ3n) is 10.5. The normalized spacial score (nSPS) is 11.5. The third kappa shape index (κ3) is 5.71. The van der Waals surface area contributed by atoms with E-state index in [4.69, 9.17) is 4.74 Å². The van der Waals surface area contributed by atoms with Crippen molar-refractivity contribution in [2.75, 3.05) is 4.90 Å². The summed E-state index contributed by atoms with van der Waals surface area (Å²) < 4.78 is 6.82. The second-order valence-corrected chi connectivity index (χ2v) is 13.7. The molecule has 10 rings (SSSR count). The molecule has 2 nitrogen and oxygen atoms in total. The number of ether oxygens (including phenoxy) is 1. The molecule has 2 heteroatoms. The summed E-state index contributed by atoms with van der Waals surface area (Å²) in [7, 11) is 0. The van der Waals surface area contributed by atoms with Crippen molar-refractivity contribution in [1.82, 2.24) is 0 Å². The van der Waals surface area contributed by atoms with Crippen molar-refractivity contribution < 1.29 is 4.74 Å². The molecule has 0 aliphatic carbocycles. The summed E-state index contributed by atoms with van der Waals surface area (Å²) >= 11 is 0. The van der Waals surface area contributed by atoms with Crippen LogP contribution < -0.4 is 9.64 Å². The standard InChI is InChI=1S/C52H35NO/c1-4-12-36(13-5-1)39-22-26-43(27-23-39)53(44-28-24-40(25-29-44)37-14-6-2-7-15-37)45-30-31-47-49-21-11-20-48-46(32-33-50(52(48)49)54-51(47)35-45)42-19-10-18-41(34-42)38-16-8-3-9-17-38/h1-35H. The van der Waals surface area contributed by atoms with Gasteiger partial charge in [0.25, 0.3) is 0 Å². The predicted octanol–water partition coefficient (Wildman–Crippen LogP) is 14.8. The lowest BCUT2D eigenvalue weighted by Gasteiger charge is -2.28. The van der Waals surface area contributed by atoms with Crippen LogP contribution in [0.15, 0.2) is 212 Å². The molecule has 1 aliphatic heterocycles. The molecule has 254 valence electrons. The first kappa shape index (κ1) is 31.6. The van der Waals surface area contributed by atoms with Gasteiger partial charge in [0.2, 0.25) is 0 Å². The molecule has 0 aromatic heterocycles. The Hall–Kier alpha value is -7.16. The number of rotatable bonds is 7. The molecule has 54 heavy (non-hydrogen) atoms. The topological polar surface area (TPSA) is 12.5 Å². The maximum absolute atomic E-state index is 6.82. The highest BCUT2D eigenvalue weighted by molar-refractivity contribution is 6.10. The summed E-state index contributed by atoms with van der Waals surface area (Å²) in [5, 5.41) is 2.33. The van der Waals surface area contributed by atoms with Gasteiger partial charge in [-0.2, -0.15) is 0 Å². The van der Waals surface area contributed by atoms with E-state index in [2.05, 4.69) is 217 Å². The molecular weight excluding hydrogens is 655 g/mol. The number of hydrogen-bond acceptors (Lipinski definition) is 2. The van der Waals surface area contributed by atoms with Crippen molar-refractivity contribution in [2.45, 2.75) is 0 Å². The monoisotopic (exact) mass is 689 g/mol. The maximum atomic E-state index is 6.82. The highest BCUT2D eigenvalue weighted by Crippen LogP contribution is 2.50. The molecule has 0 bridgehead atoms. The fourth-order valence-corrected chi connectivity index (χ4v) is 7.82. The highest BCUT2D eigenvalue weighted by Gasteiger charge is 2.24. The second-order valence-electron chi connectivity index (χ2n) is 13.7. The quantitative estimate of drug-likeness (QED) is 0.165. The lowest BCUT2D eigenvalue weighted by Crippen LogP contribution is -2.10. The van der Waals surface area contributed by atoms with Gasteiger partial charge in [0, 0.05) is 34.1 Å². The Kier molecular flexibility index (Phi) is 7.85. The fraction of sp³-hybridized carbons (Fsp3) is 0. The van der Waals surface area contributed by atoms with E-state index < -0.39 is 0 Å². The second kappa shape index (κ2) is 13.4. The Labute approximate surface area is 315 Å². The summed E-state index contributed by atoms with van der Waals surface area (Å²) in [6.07, 6.45) is 0. The number of hydrogen-bond donors (Lipinski definition) is 0. The van der Waals surface area contributed by atoms with Crippen molar-refractivity contribution in [1.29, 1.82) is 0 Å². The molecule has 0 unspecified atom stereocenters. The Morgan fingerprint density at radius 1 is 0.278 bits per heavy atom. The van der Waals surface area contributed by atoms with E-state index in [0.717, 1.165) is 39.5 Å². The molecule has 0 N–H and O–H groups in total. The Bertz CT molecular complexity index is 2670. The summed E-state index contributed by atoms with van der Waals surface area (Å²) in [6.45, 7) is 0. The molecule has 0 saturated heterocycles. The zero-order valence-corrected chi connectivity index (χ0v) is 29.6. The molecule has 9 aromatic rings. The molecule has 0 saturated carbocycles. The highest BCUT2D eigenvalue weighted by atomic mass is 16.5. The van der Waals surface area contributed by atoms with E-state index in [1.807, 2.05) is 0 Å². The average molecular weight is 690 g/mol. The van der Waals surface area contributed by atoms with Gasteiger partial charge in [0.15, 0.2) is 0 Å². The molecule has 0 spiro atoms. The number of fused-ring (bicyclic) bond motifs is 2. The average Bonchev–Trinajstić information content (AvgIpc) is 3.25. The van der Waals surface area contributed by atoms with E-state index >= 15 is 0 Å². The van der Waals surface area contributed by atoms with E-state index in [-0.39, 0.29) is 0 Å². The SMILES string of the molecule is c1ccc(-c2ccc(N(c3ccc(-c4ccccc4)cc3)c3ccc4c(c3)Oc3ccc(-c5cccc(-c6ccccc6)c5)c5cccc-4c35)cc2)cc1. The minimum atomic E-state index is 0.845. The lowest BCUT2D eigenvalue weighted by molar-refractivity contribution is 0.487. The number of nitrogens with zero attached hydrogens (tertiary/aromatic N) is 1. The third-order valence-corrected chi connectivity index (χ3v) is 10.5. The summed E-state index contributed by atoms with van der Waals surface area (Å²) in [4.78, 5) is 2.31. The van der Waals surface area contributed by atoms with Gasteiger partial charge in [-0.1, -0.05) is 158 Å². The zero-order valence-electron chi connectivity index (χ0n) is 29.6. The number of anilines is 3. The predicted molar refractivity (Wildman–Crippen MR) is 226 cm³/mol. The van der Waals surface area contributed by atoms with Crippen LogP contribution in [0.2, 0.25) is 0 Å². The van der Waals surface area contributed by atoms with E-state index in [1.54, 1.807) is 0 Å². The van der Waals surface area contributed by atoms with Gasteiger partial charge in [-0.05, 0) is 104 Å². The molecule has 0 atom stereocenters. The van der Waals surface area contributed by atoms with Gasteiger partial charge >= 0.3 is 0 Å². The lowest BCUT2D eigenvalue weighted by atomic mass is 9.89. The van der Waals surface area contributed by atoms with Crippen LogP contribution in [0.5, 0.6) is 11.5 Å². The summed E-state index contributed by atoms with van der Waals surface area (Å²) in [5.74, 6) is 1.72. The Morgan fingerprint density at radius 2 is 0.759 bits per heavy atom. The van der Waals surface area contributed by atoms with Crippen molar-refractivity contribution in [3.05, 3.63) is 212 Å². The van der Waals surface area contributed by atoms with Gasteiger partial charge in [-0.3, -0.25) is 0 Å². The van der Waals surface area contributed by atoms with Crippen molar-refractivity contribution in [3.63, 3.8) is 0 Å². The van der Waals surface area contributed by atoms with Crippen molar-refractivity contribution >= 4 is 27.8 Å². The van der Waals surface area contributed by atoms with Crippen LogP contribution >= 0.6 is 0 Å². The van der Waals surface area contributed by atoms with Crippen LogP contribution in [0.1, 0.15) is 0 Å². The Balaban J connectivity index is 1.06.